The van der Waals surface area contributed by atoms with Crippen LogP contribution in [-0.4, -0.2) is 52.3 Å². The average Bonchev–Trinajstić information content (AvgIpc) is 2.55. The predicted octanol–water partition coefficient (Wildman–Crippen LogP) is 0.878. The Labute approximate surface area is 131 Å². The fraction of sp³-hybridized carbons (Fsp3) is 0.571. The van der Waals surface area contributed by atoms with Crippen molar-refractivity contribution >= 4 is 11.8 Å². The molecule has 7 nitrogen and oxygen atoms in total. The molecule has 1 aliphatic rings. The van der Waals surface area contributed by atoms with Gasteiger partial charge in [0.2, 0.25) is 0 Å². The van der Waals surface area contributed by atoms with Crippen LogP contribution in [0.15, 0.2) is 12.4 Å². The third-order valence-electron chi connectivity index (χ3n) is 3.77. The summed E-state index contributed by atoms with van der Waals surface area (Å²) in [6.07, 6.45) is 2.03. The molecule has 0 spiro atoms. The van der Waals surface area contributed by atoms with Gasteiger partial charge in [-0.3, -0.25) is 4.98 Å². The van der Waals surface area contributed by atoms with E-state index in [1.165, 1.54) is 19.3 Å². The molecule has 0 aromatic carbocycles. The monoisotopic (exact) mass is 326 g/mol. The SMILES string of the molecule is CCOC(=O)C(F)(F)C1(O)CCN(c2cncc(C#N)n2)CC1. The van der Waals surface area contributed by atoms with Crippen molar-refractivity contribution in [3.8, 4) is 6.07 Å². The van der Waals surface area contributed by atoms with Crippen molar-refractivity contribution in [3.63, 3.8) is 0 Å². The van der Waals surface area contributed by atoms with E-state index in [9.17, 15) is 18.7 Å². The first kappa shape index (κ1) is 17.0. The Morgan fingerprint density at radius 3 is 2.74 bits per heavy atom. The summed E-state index contributed by atoms with van der Waals surface area (Å²) in [5.74, 6) is -5.33. The van der Waals surface area contributed by atoms with Gasteiger partial charge < -0.3 is 14.7 Å². The van der Waals surface area contributed by atoms with Gasteiger partial charge in [-0.05, 0) is 6.92 Å². The second kappa shape index (κ2) is 6.42. The number of hydrogen-bond acceptors (Lipinski definition) is 7. The summed E-state index contributed by atoms with van der Waals surface area (Å²) in [6, 6.07) is 1.85. The Kier molecular flexibility index (Phi) is 4.75. The van der Waals surface area contributed by atoms with Crippen LogP contribution in [0.4, 0.5) is 14.6 Å². The van der Waals surface area contributed by atoms with Gasteiger partial charge in [-0.1, -0.05) is 0 Å². The maximum atomic E-state index is 14.1. The molecule has 0 radical (unpaired) electrons. The first-order chi connectivity index (χ1) is 10.8. The first-order valence-corrected chi connectivity index (χ1v) is 7.08. The molecule has 124 valence electrons. The van der Waals surface area contributed by atoms with Gasteiger partial charge in [0.15, 0.2) is 5.69 Å². The van der Waals surface area contributed by atoms with Crippen molar-refractivity contribution < 1.29 is 23.4 Å². The molecule has 1 aliphatic heterocycles. The van der Waals surface area contributed by atoms with Crippen LogP contribution >= 0.6 is 0 Å². The molecule has 2 heterocycles. The maximum absolute atomic E-state index is 14.1. The van der Waals surface area contributed by atoms with E-state index in [2.05, 4.69) is 14.7 Å². The molecular weight excluding hydrogens is 310 g/mol. The molecule has 0 atom stereocenters. The number of carbonyl (C=O) groups excluding carboxylic acids is 1. The lowest BCUT2D eigenvalue weighted by molar-refractivity contribution is -0.217. The number of esters is 1. The summed E-state index contributed by atoms with van der Waals surface area (Å²) in [6.45, 7) is 1.33. The van der Waals surface area contributed by atoms with Crippen LogP contribution in [0.1, 0.15) is 25.5 Å². The van der Waals surface area contributed by atoms with E-state index in [0.717, 1.165) is 0 Å². The number of aromatic nitrogens is 2. The minimum Gasteiger partial charge on any atom is -0.461 e. The standard InChI is InChI=1S/C14H16F2N4O3/c1-2-23-12(21)14(15,16)13(22)3-5-20(6-4-13)11-9-18-8-10(7-17)19-11/h8-9,22H,2-6H2,1H3. The van der Waals surface area contributed by atoms with Crippen LogP contribution in [0.5, 0.6) is 0 Å². The number of carbonyl (C=O) groups is 1. The highest BCUT2D eigenvalue weighted by Crippen LogP contribution is 2.39. The van der Waals surface area contributed by atoms with Gasteiger partial charge in [0, 0.05) is 25.9 Å². The average molecular weight is 326 g/mol. The summed E-state index contributed by atoms with van der Waals surface area (Å²) in [5.41, 5.74) is -2.35. The van der Waals surface area contributed by atoms with Crippen LogP contribution in [0.25, 0.3) is 0 Å². The molecule has 1 aromatic heterocycles. The number of ether oxygens (including phenoxy) is 1. The zero-order valence-electron chi connectivity index (χ0n) is 12.5. The number of aliphatic hydroxyl groups is 1. The lowest BCUT2D eigenvalue weighted by Gasteiger charge is -2.41. The molecule has 0 amide bonds. The number of nitriles is 1. The van der Waals surface area contributed by atoms with Gasteiger partial charge >= 0.3 is 11.9 Å². The van der Waals surface area contributed by atoms with Crippen LogP contribution in [0.3, 0.4) is 0 Å². The lowest BCUT2D eigenvalue weighted by atomic mass is 9.85. The molecule has 2 rings (SSSR count). The number of halogens is 2. The highest BCUT2D eigenvalue weighted by atomic mass is 19.3. The van der Waals surface area contributed by atoms with Crippen molar-refractivity contribution in [3.05, 3.63) is 18.1 Å². The summed E-state index contributed by atoms with van der Waals surface area (Å²) < 4.78 is 32.6. The number of nitrogens with zero attached hydrogens (tertiary/aromatic N) is 4. The third kappa shape index (κ3) is 3.22. The van der Waals surface area contributed by atoms with Gasteiger partial charge in [0.25, 0.3) is 0 Å². The summed E-state index contributed by atoms with van der Waals surface area (Å²) in [5, 5.41) is 19.0. The molecule has 9 heteroatoms. The second-order valence-electron chi connectivity index (χ2n) is 5.19. The van der Waals surface area contributed by atoms with Crippen molar-refractivity contribution in [2.24, 2.45) is 0 Å². The third-order valence-corrected chi connectivity index (χ3v) is 3.77. The van der Waals surface area contributed by atoms with Crippen molar-refractivity contribution in [1.82, 2.24) is 9.97 Å². The summed E-state index contributed by atoms with van der Waals surface area (Å²) in [7, 11) is 0. The summed E-state index contributed by atoms with van der Waals surface area (Å²) in [4.78, 5) is 20.9. The largest absolute Gasteiger partial charge is 0.461 e. The Balaban J connectivity index is 2.10. The normalized spacial score (nSPS) is 17.4. The van der Waals surface area contributed by atoms with Gasteiger partial charge in [0.05, 0.1) is 19.0 Å². The number of hydrogen-bond donors (Lipinski definition) is 1. The molecule has 1 saturated heterocycles. The molecule has 1 aromatic rings. The zero-order valence-corrected chi connectivity index (χ0v) is 12.5. The minimum atomic E-state index is -3.98. The molecule has 23 heavy (non-hydrogen) atoms. The number of alkyl halides is 2. The van der Waals surface area contributed by atoms with Crippen LogP contribution in [0.2, 0.25) is 0 Å². The first-order valence-electron chi connectivity index (χ1n) is 7.08. The van der Waals surface area contributed by atoms with E-state index < -0.39 is 17.5 Å². The van der Waals surface area contributed by atoms with Gasteiger partial charge in [-0.15, -0.1) is 0 Å². The van der Waals surface area contributed by atoms with Crippen molar-refractivity contribution in [1.29, 1.82) is 5.26 Å². The predicted molar refractivity (Wildman–Crippen MR) is 74.7 cm³/mol. The Morgan fingerprint density at radius 2 is 2.17 bits per heavy atom. The number of anilines is 1. The Morgan fingerprint density at radius 1 is 1.52 bits per heavy atom. The van der Waals surface area contributed by atoms with Gasteiger partial charge in [-0.2, -0.15) is 14.0 Å². The fourth-order valence-corrected chi connectivity index (χ4v) is 2.39. The van der Waals surface area contributed by atoms with E-state index >= 15 is 0 Å². The topological polar surface area (TPSA) is 99.3 Å². The van der Waals surface area contributed by atoms with Crippen molar-refractivity contribution in [2.75, 3.05) is 24.6 Å². The van der Waals surface area contributed by atoms with E-state index in [0.29, 0.717) is 5.82 Å². The van der Waals surface area contributed by atoms with E-state index in [4.69, 9.17) is 5.26 Å². The van der Waals surface area contributed by atoms with E-state index in [-0.39, 0.29) is 38.2 Å². The smallest absolute Gasteiger partial charge is 0.380 e. The van der Waals surface area contributed by atoms with Gasteiger partial charge in [0.1, 0.15) is 17.5 Å². The second-order valence-corrected chi connectivity index (χ2v) is 5.19. The van der Waals surface area contributed by atoms with Crippen molar-refractivity contribution in [2.45, 2.75) is 31.3 Å². The van der Waals surface area contributed by atoms with Crippen LogP contribution in [-0.2, 0) is 9.53 Å². The van der Waals surface area contributed by atoms with Gasteiger partial charge in [-0.25, -0.2) is 9.78 Å². The Bertz CT molecular complexity index is 625. The molecule has 0 unspecified atom stereocenters. The highest BCUT2D eigenvalue weighted by Gasteiger charge is 2.60. The van der Waals surface area contributed by atoms with Crippen LogP contribution in [0, 0.1) is 11.3 Å². The summed E-state index contributed by atoms with van der Waals surface area (Å²) >= 11 is 0. The molecule has 0 bridgehead atoms. The highest BCUT2D eigenvalue weighted by molar-refractivity contribution is 5.79. The molecule has 1 fully saturated rings. The Hall–Kier alpha value is -2.34. The fourth-order valence-electron chi connectivity index (χ4n) is 2.39. The molecule has 0 saturated carbocycles. The zero-order chi connectivity index (χ0) is 17.1. The minimum absolute atomic E-state index is 0.0507. The lowest BCUT2D eigenvalue weighted by Crippen LogP contribution is -2.59. The quantitative estimate of drug-likeness (QED) is 0.820. The molecule has 1 N–H and O–H groups in total. The molecule has 0 aliphatic carbocycles. The number of piperidine rings is 1. The number of rotatable bonds is 4. The van der Waals surface area contributed by atoms with E-state index in [1.807, 2.05) is 6.07 Å². The molecular formula is C14H16F2N4O3. The maximum Gasteiger partial charge on any atom is 0.380 e. The van der Waals surface area contributed by atoms with Crippen LogP contribution < -0.4 is 4.90 Å². The van der Waals surface area contributed by atoms with E-state index in [1.54, 1.807) is 4.90 Å².